The molecule has 2 aromatic carbocycles. The Hall–Kier alpha value is -2.22. The number of benzene rings is 2. The van der Waals surface area contributed by atoms with Gasteiger partial charge in [0.2, 0.25) is 5.91 Å². The zero-order valence-electron chi connectivity index (χ0n) is 16.9. The van der Waals surface area contributed by atoms with Gasteiger partial charge in [-0.3, -0.25) is 9.69 Å². The highest BCUT2D eigenvalue weighted by Gasteiger charge is 2.32. The number of rotatable bonds is 7. The number of carbonyl (C=O) groups is 1. The molecule has 0 aliphatic carbocycles. The molecule has 1 atom stereocenters. The predicted octanol–water partition coefficient (Wildman–Crippen LogP) is 3.02. The van der Waals surface area contributed by atoms with Gasteiger partial charge in [-0.1, -0.05) is 42.5 Å². The number of carbonyl (C=O) groups excluding carboxylic acids is 1. The molecule has 0 radical (unpaired) electrons. The zero-order chi connectivity index (χ0) is 20.9. The van der Waals surface area contributed by atoms with Crippen molar-refractivity contribution in [3.05, 3.63) is 65.7 Å². The van der Waals surface area contributed by atoms with E-state index in [1.165, 1.54) is 0 Å². The fourth-order valence-electron chi connectivity index (χ4n) is 3.36. The Bertz CT molecular complexity index is 915. The Morgan fingerprint density at radius 1 is 1.07 bits per heavy atom. The van der Waals surface area contributed by atoms with E-state index < -0.39 is 15.9 Å². The van der Waals surface area contributed by atoms with Crippen molar-refractivity contribution in [2.75, 3.05) is 29.9 Å². The van der Waals surface area contributed by atoms with E-state index in [0.717, 1.165) is 11.1 Å². The van der Waals surface area contributed by atoms with Crippen LogP contribution >= 0.6 is 0 Å². The molecular formula is C22H28N2O4S. The summed E-state index contributed by atoms with van der Waals surface area (Å²) in [5.74, 6) is -0.0190. The molecule has 1 saturated heterocycles. The van der Waals surface area contributed by atoms with Gasteiger partial charge in [0, 0.05) is 18.8 Å². The standard InChI is InChI=1S/C22H28N2O4S/c1-17(2)28-16-18-7-6-10-20(15-18)23-22(25)21(19-8-4-3-5-9-19)24-11-13-29(26,27)14-12-24/h3-10,15,17,21H,11-14,16H2,1-2H3,(H,23,25). The minimum atomic E-state index is -3.02. The average molecular weight is 417 g/mol. The van der Waals surface area contributed by atoms with Crippen LogP contribution in [0, 0.1) is 0 Å². The van der Waals surface area contributed by atoms with E-state index in [4.69, 9.17) is 4.74 Å². The van der Waals surface area contributed by atoms with E-state index in [-0.39, 0.29) is 23.5 Å². The third-order valence-corrected chi connectivity index (χ3v) is 6.49. The molecule has 1 aliphatic rings. The second kappa shape index (κ2) is 9.52. The first kappa shape index (κ1) is 21.5. The van der Waals surface area contributed by atoms with Crippen LogP contribution in [0.3, 0.4) is 0 Å². The molecule has 6 nitrogen and oxygen atoms in total. The molecule has 1 N–H and O–H groups in total. The van der Waals surface area contributed by atoms with Crippen LogP contribution in [0.4, 0.5) is 5.69 Å². The highest BCUT2D eigenvalue weighted by molar-refractivity contribution is 7.91. The lowest BCUT2D eigenvalue weighted by Crippen LogP contribution is -2.46. The first-order valence-electron chi connectivity index (χ1n) is 9.85. The molecule has 2 aromatic rings. The van der Waals surface area contributed by atoms with E-state index >= 15 is 0 Å². The number of amides is 1. The molecule has 29 heavy (non-hydrogen) atoms. The summed E-state index contributed by atoms with van der Waals surface area (Å²) in [5.41, 5.74) is 2.53. The van der Waals surface area contributed by atoms with Crippen molar-refractivity contribution in [2.45, 2.75) is 32.6 Å². The highest BCUT2D eigenvalue weighted by Crippen LogP contribution is 2.25. The third-order valence-electron chi connectivity index (χ3n) is 4.89. The first-order valence-corrected chi connectivity index (χ1v) is 11.7. The molecule has 156 valence electrons. The highest BCUT2D eigenvalue weighted by atomic mass is 32.2. The van der Waals surface area contributed by atoms with Crippen LogP contribution in [-0.2, 0) is 26.0 Å². The number of sulfone groups is 1. The summed E-state index contributed by atoms with van der Waals surface area (Å²) in [4.78, 5) is 15.2. The van der Waals surface area contributed by atoms with Crippen LogP contribution < -0.4 is 5.32 Å². The summed E-state index contributed by atoms with van der Waals surface area (Å²) < 4.78 is 29.3. The lowest BCUT2D eigenvalue weighted by atomic mass is 10.0. The van der Waals surface area contributed by atoms with Gasteiger partial charge in [-0.15, -0.1) is 0 Å². The molecule has 1 fully saturated rings. The third kappa shape index (κ3) is 6.13. The number of nitrogens with zero attached hydrogens (tertiary/aromatic N) is 1. The van der Waals surface area contributed by atoms with Gasteiger partial charge in [0.25, 0.3) is 0 Å². The maximum Gasteiger partial charge on any atom is 0.246 e. The molecule has 0 aromatic heterocycles. The fourth-order valence-corrected chi connectivity index (χ4v) is 4.59. The Morgan fingerprint density at radius 3 is 2.41 bits per heavy atom. The van der Waals surface area contributed by atoms with Crippen molar-refractivity contribution in [3.63, 3.8) is 0 Å². The zero-order valence-corrected chi connectivity index (χ0v) is 17.7. The summed E-state index contributed by atoms with van der Waals surface area (Å²) in [6, 6.07) is 16.5. The largest absolute Gasteiger partial charge is 0.374 e. The Labute approximate surface area is 172 Å². The van der Waals surface area contributed by atoms with Gasteiger partial charge in [-0.05, 0) is 37.1 Å². The van der Waals surface area contributed by atoms with Gasteiger partial charge in [-0.25, -0.2) is 8.42 Å². The molecule has 0 saturated carbocycles. The van der Waals surface area contributed by atoms with Crippen molar-refractivity contribution < 1.29 is 17.9 Å². The van der Waals surface area contributed by atoms with Crippen LogP contribution in [-0.4, -0.2) is 49.9 Å². The van der Waals surface area contributed by atoms with Crippen molar-refractivity contribution in [1.82, 2.24) is 4.90 Å². The molecular weight excluding hydrogens is 388 g/mol. The van der Waals surface area contributed by atoms with Gasteiger partial charge >= 0.3 is 0 Å². The van der Waals surface area contributed by atoms with Crippen molar-refractivity contribution in [2.24, 2.45) is 0 Å². The van der Waals surface area contributed by atoms with Crippen LogP contribution in [0.2, 0.25) is 0 Å². The maximum atomic E-state index is 13.2. The summed E-state index contributed by atoms with van der Waals surface area (Å²) in [6.45, 7) is 5.13. The molecule has 1 heterocycles. The molecule has 1 unspecified atom stereocenters. The summed E-state index contributed by atoms with van der Waals surface area (Å²) in [7, 11) is -3.02. The molecule has 1 aliphatic heterocycles. The first-order chi connectivity index (χ1) is 13.8. The fraction of sp³-hybridized carbons (Fsp3) is 0.409. The van der Waals surface area contributed by atoms with Crippen LogP contribution in [0.25, 0.3) is 0 Å². The molecule has 0 bridgehead atoms. The summed E-state index contributed by atoms with van der Waals surface area (Å²) >= 11 is 0. The SMILES string of the molecule is CC(C)OCc1cccc(NC(=O)C(c2ccccc2)N2CCS(=O)(=O)CC2)c1. The molecule has 7 heteroatoms. The van der Waals surface area contributed by atoms with Gasteiger partial charge in [0.05, 0.1) is 24.2 Å². The lowest BCUT2D eigenvalue weighted by molar-refractivity contribution is -0.121. The van der Waals surface area contributed by atoms with E-state index in [1.807, 2.05) is 73.3 Å². The Kier molecular flexibility index (Phi) is 7.05. The Balaban J connectivity index is 1.78. The van der Waals surface area contributed by atoms with Gasteiger partial charge in [-0.2, -0.15) is 0 Å². The van der Waals surface area contributed by atoms with E-state index in [1.54, 1.807) is 0 Å². The average Bonchev–Trinajstić information content (AvgIpc) is 2.69. The van der Waals surface area contributed by atoms with Crippen LogP contribution in [0.5, 0.6) is 0 Å². The molecule has 1 amide bonds. The summed E-state index contributed by atoms with van der Waals surface area (Å²) in [6.07, 6.45) is 0.131. The minimum Gasteiger partial charge on any atom is -0.374 e. The number of hydrogen-bond acceptors (Lipinski definition) is 5. The topological polar surface area (TPSA) is 75.7 Å². The molecule has 0 spiro atoms. The minimum absolute atomic E-state index is 0.0750. The van der Waals surface area contributed by atoms with Crippen molar-refractivity contribution >= 4 is 21.4 Å². The van der Waals surface area contributed by atoms with E-state index in [2.05, 4.69) is 5.32 Å². The Morgan fingerprint density at radius 2 is 1.76 bits per heavy atom. The van der Waals surface area contributed by atoms with Crippen molar-refractivity contribution in [1.29, 1.82) is 0 Å². The van der Waals surface area contributed by atoms with Gasteiger partial charge < -0.3 is 10.1 Å². The van der Waals surface area contributed by atoms with Crippen LogP contribution in [0.15, 0.2) is 54.6 Å². The number of anilines is 1. The second-order valence-corrected chi connectivity index (χ2v) is 9.85. The number of ether oxygens (including phenoxy) is 1. The van der Waals surface area contributed by atoms with Gasteiger partial charge in [0.15, 0.2) is 9.84 Å². The molecule has 3 rings (SSSR count). The van der Waals surface area contributed by atoms with Crippen LogP contribution in [0.1, 0.15) is 31.0 Å². The van der Waals surface area contributed by atoms with E-state index in [0.29, 0.717) is 25.4 Å². The lowest BCUT2D eigenvalue weighted by Gasteiger charge is -2.33. The van der Waals surface area contributed by atoms with Gasteiger partial charge in [0.1, 0.15) is 6.04 Å². The van der Waals surface area contributed by atoms with Crippen molar-refractivity contribution in [3.8, 4) is 0 Å². The number of nitrogens with one attached hydrogen (secondary N) is 1. The quantitative estimate of drug-likeness (QED) is 0.751. The monoisotopic (exact) mass is 416 g/mol. The smallest absolute Gasteiger partial charge is 0.246 e. The predicted molar refractivity (Wildman–Crippen MR) is 114 cm³/mol. The normalized spacial score (nSPS) is 17.8. The van der Waals surface area contributed by atoms with E-state index in [9.17, 15) is 13.2 Å². The summed E-state index contributed by atoms with van der Waals surface area (Å²) in [5, 5.41) is 3.00. The second-order valence-electron chi connectivity index (χ2n) is 7.55. The number of hydrogen-bond donors (Lipinski definition) is 1. The maximum absolute atomic E-state index is 13.2.